The number of rotatable bonds is 3. The molecule has 1 N–H and O–H groups in total. The van der Waals surface area contributed by atoms with E-state index in [1.54, 1.807) is 13.8 Å². The van der Waals surface area contributed by atoms with Gasteiger partial charge in [0.2, 0.25) is 10.0 Å². The first-order valence-corrected chi connectivity index (χ1v) is 8.80. The molecule has 1 aliphatic heterocycles. The minimum atomic E-state index is -3.74. The summed E-state index contributed by atoms with van der Waals surface area (Å²) in [7, 11) is -3.74. The highest BCUT2D eigenvalue weighted by atomic mass is 79.9. The van der Waals surface area contributed by atoms with E-state index in [4.69, 9.17) is 0 Å². The standard InChI is InChI=1S/C11H14BrNO4S2/c1-6-3-4-13(10(6)11(14)15)19(16,17)8-5-9(12)18-7(8)2/h5-6,10H,3-4H2,1-2H3,(H,14,15). The van der Waals surface area contributed by atoms with Crippen LogP contribution in [0.2, 0.25) is 0 Å². The average Bonchev–Trinajstić information content (AvgIpc) is 2.82. The Morgan fingerprint density at radius 1 is 1.58 bits per heavy atom. The molecule has 1 fully saturated rings. The molecule has 2 atom stereocenters. The Hall–Kier alpha value is -0.440. The second kappa shape index (κ2) is 5.16. The van der Waals surface area contributed by atoms with Crippen LogP contribution in [0.3, 0.4) is 0 Å². The fourth-order valence-corrected chi connectivity index (χ4v) is 6.44. The van der Waals surface area contributed by atoms with Crippen molar-refractivity contribution < 1.29 is 18.3 Å². The molecule has 0 spiro atoms. The van der Waals surface area contributed by atoms with Crippen molar-refractivity contribution in [1.29, 1.82) is 0 Å². The monoisotopic (exact) mass is 367 g/mol. The molecule has 0 saturated carbocycles. The van der Waals surface area contributed by atoms with Crippen LogP contribution in [-0.2, 0) is 14.8 Å². The molecule has 1 aromatic rings. The number of aliphatic carboxylic acids is 1. The average molecular weight is 368 g/mol. The van der Waals surface area contributed by atoms with Gasteiger partial charge >= 0.3 is 5.97 Å². The fourth-order valence-electron chi connectivity index (χ4n) is 2.36. The fraction of sp³-hybridized carbons (Fsp3) is 0.545. The van der Waals surface area contributed by atoms with Gasteiger partial charge in [-0.3, -0.25) is 4.79 Å². The summed E-state index contributed by atoms with van der Waals surface area (Å²) in [5, 5.41) is 9.23. The van der Waals surface area contributed by atoms with Gasteiger partial charge in [-0.05, 0) is 41.3 Å². The first-order valence-electron chi connectivity index (χ1n) is 5.75. The summed E-state index contributed by atoms with van der Waals surface area (Å²) in [5.41, 5.74) is 0. The maximum Gasteiger partial charge on any atom is 0.322 e. The van der Waals surface area contributed by atoms with E-state index in [-0.39, 0.29) is 17.4 Å². The van der Waals surface area contributed by atoms with Gasteiger partial charge in [-0.25, -0.2) is 8.42 Å². The van der Waals surface area contributed by atoms with Gasteiger partial charge in [0.05, 0.1) is 8.68 Å². The molecule has 1 aliphatic rings. The highest BCUT2D eigenvalue weighted by Crippen LogP contribution is 2.35. The Bertz CT molecular complexity index is 610. The molecule has 2 rings (SSSR count). The molecule has 0 radical (unpaired) electrons. The Morgan fingerprint density at radius 3 is 2.68 bits per heavy atom. The predicted octanol–water partition coefficient (Wildman–Crippen LogP) is 2.30. The van der Waals surface area contributed by atoms with Crippen LogP contribution in [-0.4, -0.2) is 36.4 Å². The van der Waals surface area contributed by atoms with Gasteiger partial charge in [0.25, 0.3) is 0 Å². The van der Waals surface area contributed by atoms with E-state index in [9.17, 15) is 18.3 Å². The predicted molar refractivity (Wildman–Crippen MR) is 75.9 cm³/mol. The number of aryl methyl sites for hydroxylation is 1. The Labute approximate surface area is 124 Å². The van der Waals surface area contributed by atoms with Crippen LogP contribution in [0.5, 0.6) is 0 Å². The molecular formula is C11H14BrNO4S2. The van der Waals surface area contributed by atoms with Crippen LogP contribution < -0.4 is 0 Å². The smallest absolute Gasteiger partial charge is 0.322 e. The maximum absolute atomic E-state index is 12.6. The first kappa shape index (κ1) is 15.0. The van der Waals surface area contributed by atoms with Gasteiger partial charge in [0, 0.05) is 11.4 Å². The molecule has 2 heterocycles. The molecular weight excluding hydrogens is 354 g/mol. The molecule has 2 unspecified atom stereocenters. The van der Waals surface area contributed by atoms with E-state index in [0.717, 1.165) is 8.09 Å². The van der Waals surface area contributed by atoms with Crippen molar-refractivity contribution in [1.82, 2.24) is 4.31 Å². The van der Waals surface area contributed by atoms with E-state index in [1.165, 1.54) is 17.4 Å². The molecule has 0 aromatic carbocycles. The van der Waals surface area contributed by atoms with Gasteiger partial charge in [0.1, 0.15) is 6.04 Å². The van der Waals surface area contributed by atoms with Gasteiger partial charge in [-0.2, -0.15) is 4.31 Å². The number of carboxylic acid groups (broad SMARTS) is 1. The summed E-state index contributed by atoms with van der Waals surface area (Å²) < 4.78 is 27.0. The van der Waals surface area contributed by atoms with Crippen LogP contribution in [0.4, 0.5) is 0 Å². The van der Waals surface area contributed by atoms with E-state index in [1.807, 2.05) is 0 Å². The maximum atomic E-state index is 12.6. The van der Waals surface area contributed by atoms with Gasteiger partial charge < -0.3 is 5.11 Å². The minimum Gasteiger partial charge on any atom is -0.480 e. The Kier molecular flexibility index (Phi) is 4.06. The number of sulfonamides is 1. The summed E-state index contributed by atoms with van der Waals surface area (Å²) >= 11 is 4.59. The van der Waals surface area contributed by atoms with Crippen molar-refractivity contribution in [3.8, 4) is 0 Å². The molecule has 106 valence electrons. The second-order valence-electron chi connectivity index (χ2n) is 4.64. The summed E-state index contributed by atoms with van der Waals surface area (Å²) in [6, 6.07) is 0.570. The van der Waals surface area contributed by atoms with Crippen molar-refractivity contribution in [2.24, 2.45) is 5.92 Å². The third-order valence-electron chi connectivity index (χ3n) is 3.34. The van der Waals surface area contributed by atoms with Crippen molar-refractivity contribution in [2.75, 3.05) is 6.54 Å². The lowest BCUT2D eigenvalue weighted by Crippen LogP contribution is -2.42. The first-order chi connectivity index (χ1) is 8.75. The van der Waals surface area contributed by atoms with Crippen molar-refractivity contribution in [2.45, 2.75) is 31.2 Å². The van der Waals surface area contributed by atoms with Crippen LogP contribution >= 0.6 is 27.3 Å². The molecule has 19 heavy (non-hydrogen) atoms. The molecule has 0 aliphatic carbocycles. The zero-order valence-electron chi connectivity index (χ0n) is 10.5. The molecule has 0 amide bonds. The highest BCUT2D eigenvalue weighted by molar-refractivity contribution is 9.11. The number of hydrogen-bond donors (Lipinski definition) is 1. The molecule has 1 saturated heterocycles. The zero-order valence-corrected chi connectivity index (χ0v) is 13.7. The number of thiophene rings is 1. The van der Waals surface area contributed by atoms with Crippen molar-refractivity contribution in [3.63, 3.8) is 0 Å². The van der Waals surface area contributed by atoms with Gasteiger partial charge in [-0.15, -0.1) is 11.3 Å². The second-order valence-corrected chi connectivity index (χ2v) is 9.13. The van der Waals surface area contributed by atoms with Gasteiger partial charge in [-0.1, -0.05) is 6.92 Å². The van der Waals surface area contributed by atoms with Crippen molar-refractivity contribution in [3.05, 3.63) is 14.7 Å². The Morgan fingerprint density at radius 2 is 2.21 bits per heavy atom. The molecule has 0 bridgehead atoms. The van der Waals surface area contributed by atoms with Crippen LogP contribution in [0.25, 0.3) is 0 Å². The summed E-state index contributed by atoms with van der Waals surface area (Å²) in [6.07, 6.45) is 0.570. The third-order valence-corrected chi connectivity index (χ3v) is 7.03. The molecule has 5 nitrogen and oxygen atoms in total. The van der Waals surface area contributed by atoms with E-state index in [2.05, 4.69) is 15.9 Å². The largest absolute Gasteiger partial charge is 0.480 e. The topological polar surface area (TPSA) is 74.7 Å². The number of carbonyl (C=O) groups is 1. The lowest BCUT2D eigenvalue weighted by molar-refractivity contribution is -0.141. The number of halogens is 1. The third kappa shape index (κ3) is 2.58. The molecule has 8 heteroatoms. The van der Waals surface area contributed by atoms with E-state index < -0.39 is 22.0 Å². The van der Waals surface area contributed by atoms with Gasteiger partial charge in [0.15, 0.2) is 0 Å². The summed E-state index contributed by atoms with van der Waals surface area (Å²) in [6.45, 7) is 3.75. The highest BCUT2D eigenvalue weighted by Gasteiger charge is 2.44. The number of carboxylic acids is 1. The number of hydrogen-bond acceptors (Lipinski definition) is 4. The summed E-state index contributed by atoms with van der Waals surface area (Å²) in [5.74, 6) is -1.25. The Balaban J connectivity index is 2.45. The van der Waals surface area contributed by atoms with Crippen molar-refractivity contribution >= 4 is 43.3 Å². The normalized spacial score (nSPS) is 24.8. The van der Waals surface area contributed by atoms with Crippen LogP contribution in [0, 0.1) is 12.8 Å². The van der Waals surface area contributed by atoms with E-state index in [0.29, 0.717) is 11.3 Å². The quantitative estimate of drug-likeness (QED) is 0.889. The van der Waals surface area contributed by atoms with Crippen LogP contribution in [0.15, 0.2) is 14.7 Å². The summed E-state index contributed by atoms with van der Waals surface area (Å²) in [4.78, 5) is 12.1. The van der Waals surface area contributed by atoms with Crippen LogP contribution in [0.1, 0.15) is 18.2 Å². The van der Waals surface area contributed by atoms with E-state index >= 15 is 0 Å². The lowest BCUT2D eigenvalue weighted by Gasteiger charge is -2.22. The zero-order chi connectivity index (χ0) is 14.4. The molecule has 1 aromatic heterocycles. The SMILES string of the molecule is Cc1sc(Br)cc1S(=O)(=O)N1CCC(C)C1C(=O)O. The number of nitrogens with zero attached hydrogens (tertiary/aromatic N) is 1. The minimum absolute atomic E-state index is 0.172. The lowest BCUT2D eigenvalue weighted by atomic mass is 10.0.